The highest BCUT2D eigenvalue weighted by Crippen LogP contribution is 1.96. The number of rotatable bonds is 3. The summed E-state index contributed by atoms with van der Waals surface area (Å²) < 4.78 is 0.693. The second kappa shape index (κ2) is 5.00. The first kappa shape index (κ1) is 9.18. The molecule has 0 radical (unpaired) electrons. The number of halogens is 1. The molecule has 0 bridgehead atoms. The minimum Gasteiger partial charge on any atom is -0.351 e. The van der Waals surface area contributed by atoms with E-state index in [1.165, 1.54) is 0 Å². The molecule has 1 N–H and O–H groups in total. The fourth-order valence-electron chi connectivity index (χ4n) is 0.329. The van der Waals surface area contributed by atoms with Gasteiger partial charge in [-0.3, -0.25) is 4.79 Å². The minimum absolute atomic E-state index is 0.0969. The predicted octanol–water partition coefficient (Wildman–Crippen LogP) is 0.925. The highest BCUT2D eigenvalue weighted by atomic mass is 79.9. The van der Waals surface area contributed by atoms with Gasteiger partial charge in [-0.1, -0.05) is 22.5 Å². The molecule has 0 aliphatic heterocycles. The Bertz CT molecular complexity index is 183. The van der Waals surface area contributed by atoms with E-state index in [1.54, 1.807) is 6.07 Å². The molecule has 0 aliphatic carbocycles. The maximum Gasteiger partial charge on any atom is 0.234 e. The summed E-state index contributed by atoms with van der Waals surface area (Å²) in [6, 6.07) is 1.73. The lowest BCUT2D eigenvalue weighted by Gasteiger charge is -1.98. The Morgan fingerprint density at radius 3 is 2.80 bits per heavy atom. The Labute approximate surface area is 67.8 Å². The summed E-state index contributed by atoms with van der Waals surface area (Å²) in [4.78, 5) is 10.6. The van der Waals surface area contributed by atoms with E-state index in [-0.39, 0.29) is 12.3 Å². The zero-order valence-corrected chi connectivity index (χ0v) is 6.94. The second-order valence-electron chi connectivity index (χ2n) is 1.63. The average Bonchev–Trinajstić information content (AvgIpc) is 1.85. The lowest BCUT2D eigenvalue weighted by atomic mass is 10.4. The van der Waals surface area contributed by atoms with Crippen LogP contribution in [0.25, 0.3) is 0 Å². The molecule has 10 heavy (non-hydrogen) atoms. The minimum atomic E-state index is -0.275. The zero-order valence-electron chi connectivity index (χ0n) is 5.35. The zero-order chi connectivity index (χ0) is 7.98. The van der Waals surface area contributed by atoms with E-state index in [4.69, 9.17) is 5.26 Å². The lowest BCUT2D eigenvalue weighted by molar-refractivity contribution is -0.119. The van der Waals surface area contributed by atoms with Crippen molar-refractivity contribution < 1.29 is 4.79 Å². The van der Waals surface area contributed by atoms with Gasteiger partial charge in [0.25, 0.3) is 0 Å². The number of hydrogen-bond donors (Lipinski definition) is 1. The summed E-state index contributed by atoms with van der Waals surface area (Å²) in [6.07, 6.45) is -0.0969. The van der Waals surface area contributed by atoms with Gasteiger partial charge in [-0.15, -0.1) is 0 Å². The van der Waals surface area contributed by atoms with Crippen molar-refractivity contribution in [3.05, 3.63) is 11.1 Å². The first-order valence-corrected chi connectivity index (χ1v) is 3.43. The fraction of sp³-hybridized carbons (Fsp3) is 0.333. The van der Waals surface area contributed by atoms with Gasteiger partial charge in [0.05, 0.1) is 6.07 Å². The Morgan fingerprint density at radius 2 is 2.40 bits per heavy atom. The van der Waals surface area contributed by atoms with Gasteiger partial charge in [0.15, 0.2) is 0 Å². The van der Waals surface area contributed by atoms with Crippen LogP contribution in [0.1, 0.15) is 6.42 Å². The summed E-state index contributed by atoms with van der Waals surface area (Å²) in [5.41, 5.74) is 0. The molecular weight excluding hydrogens is 196 g/mol. The van der Waals surface area contributed by atoms with Crippen molar-refractivity contribution in [2.45, 2.75) is 6.42 Å². The quantitative estimate of drug-likeness (QED) is 0.741. The Morgan fingerprint density at radius 1 is 1.80 bits per heavy atom. The molecule has 0 aromatic carbocycles. The van der Waals surface area contributed by atoms with Crippen LogP contribution in [0, 0.1) is 11.3 Å². The van der Waals surface area contributed by atoms with Crippen molar-refractivity contribution >= 4 is 21.8 Å². The van der Waals surface area contributed by atoms with Gasteiger partial charge >= 0.3 is 0 Å². The molecule has 0 aromatic heterocycles. The number of nitrogens with zero attached hydrogens (tertiary/aromatic N) is 1. The largest absolute Gasteiger partial charge is 0.351 e. The van der Waals surface area contributed by atoms with Crippen LogP contribution in [-0.4, -0.2) is 12.5 Å². The highest BCUT2D eigenvalue weighted by molar-refractivity contribution is 9.11. The Kier molecular flexibility index (Phi) is 4.59. The monoisotopic (exact) mass is 202 g/mol. The molecule has 0 spiro atoms. The third-order valence-corrected chi connectivity index (χ3v) is 0.997. The number of nitrogens with one attached hydrogen (secondary N) is 1. The van der Waals surface area contributed by atoms with Crippen molar-refractivity contribution in [2.75, 3.05) is 6.54 Å². The van der Waals surface area contributed by atoms with Crippen LogP contribution < -0.4 is 5.32 Å². The number of nitriles is 1. The summed E-state index contributed by atoms with van der Waals surface area (Å²) in [5.74, 6) is -0.275. The number of amides is 1. The molecule has 0 rings (SSSR count). The van der Waals surface area contributed by atoms with Crippen molar-refractivity contribution in [3.63, 3.8) is 0 Å². The van der Waals surface area contributed by atoms with E-state index < -0.39 is 0 Å². The van der Waals surface area contributed by atoms with E-state index >= 15 is 0 Å². The average molecular weight is 203 g/mol. The molecule has 0 atom stereocenters. The van der Waals surface area contributed by atoms with Crippen LogP contribution in [-0.2, 0) is 4.79 Å². The molecule has 0 saturated carbocycles. The number of carbonyl (C=O) groups excluding carboxylic acids is 1. The summed E-state index contributed by atoms with van der Waals surface area (Å²) >= 11 is 3.06. The summed E-state index contributed by atoms with van der Waals surface area (Å²) in [6.45, 7) is 3.88. The topological polar surface area (TPSA) is 52.9 Å². The third kappa shape index (κ3) is 5.32. The number of carbonyl (C=O) groups is 1. The predicted molar refractivity (Wildman–Crippen MR) is 41.3 cm³/mol. The molecule has 0 heterocycles. The van der Waals surface area contributed by atoms with Crippen LogP contribution in [0.15, 0.2) is 11.1 Å². The van der Waals surface area contributed by atoms with E-state index in [2.05, 4.69) is 27.8 Å². The fourth-order valence-corrected chi connectivity index (χ4v) is 0.469. The molecule has 4 heteroatoms. The first-order chi connectivity index (χ1) is 4.66. The van der Waals surface area contributed by atoms with Gasteiger partial charge in [-0.05, 0) is 0 Å². The van der Waals surface area contributed by atoms with Crippen LogP contribution in [0.5, 0.6) is 0 Å². The van der Waals surface area contributed by atoms with E-state index in [1.807, 2.05) is 0 Å². The molecule has 0 aliphatic rings. The van der Waals surface area contributed by atoms with Gasteiger partial charge in [0.1, 0.15) is 6.42 Å². The Hall–Kier alpha value is -0.820. The first-order valence-electron chi connectivity index (χ1n) is 2.63. The molecule has 0 unspecified atom stereocenters. The van der Waals surface area contributed by atoms with Gasteiger partial charge in [0.2, 0.25) is 5.91 Å². The smallest absolute Gasteiger partial charge is 0.234 e. The SMILES string of the molecule is C=C(Br)CNC(=O)CC#N. The molecule has 0 fully saturated rings. The van der Waals surface area contributed by atoms with Crippen molar-refractivity contribution in [1.82, 2.24) is 5.32 Å². The standard InChI is InChI=1S/C6H7BrN2O/c1-5(7)4-9-6(10)2-3-8/h1-2,4H2,(H,9,10). The molecule has 1 amide bonds. The van der Waals surface area contributed by atoms with Crippen molar-refractivity contribution in [2.24, 2.45) is 0 Å². The molecular formula is C6H7BrN2O. The third-order valence-electron chi connectivity index (χ3n) is 0.717. The Balaban J connectivity index is 3.42. The summed E-state index contributed by atoms with van der Waals surface area (Å²) in [7, 11) is 0. The van der Waals surface area contributed by atoms with Gasteiger partial charge in [-0.2, -0.15) is 5.26 Å². The van der Waals surface area contributed by atoms with Gasteiger partial charge < -0.3 is 5.32 Å². The van der Waals surface area contributed by atoms with E-state index in [0.717, 1.165) is 0 Å². The van der Waals surface area contributed by atoms with Crippen LogP contribution >= 0.6 is 15.9 Å². The normalized spacial score (nSPS) is 8.00. The van der Waals surface area contributed by atoms with E-state index in [0.29, 0.717) is 11.0 Å². The number of hydrogen-bond acceptors (Lipinski definition) is 2. The molecule has 3 nitrogen and oxygen atoms in total. The maximum absolute atomic E-state index is 10.6. The van der Waals surface area contributed by atoms with Crippen LogP contribution in [0.3, 0.4) is 0 Å². The van der Waals surface area contributed by atoms with Crippen molar-refractivity contribution in [3.8, 4) is 6.07 Å². The maximum atomic E-state index is 10.6. The summed E-state index contributed by atoms with van der Waals surface area (Å²) in [5, 5.41) is 10.5. The molecule has 0 saturated heterocycles. The highest BCUT2D eigenvalue weighted by Gasteiger charge is 1.97. The second-order valence-corrected chi connectivity index (χ2v) is 2.75. The van der Waals surface area contributed by atoms with Crippen LogP contribution in [0.4, 0.5) is 0 Å². The van der Waals surface area contributed by atoms with E-state index in [9.17, 15) is 4.79 Å². The van der Waals surface area contributed by atoms with Gasteiger partial charge in [-0.25, -0.2) is 0 Å². The molecule has 54 valence electrons. The van der Waals surface area contributed by atoms with Crippen LogP contribution in [0.2, 0.25) is 0 Å². The lowest BCUT2D eigenvalue weighted by Crippen LogP contribution is -2.23. The molecule has 0 aromatic rings. The van der Waals surface area contributed by atoms with Crippen molar-refractivity contribution in [1.29, 1.82) is 5.26 Å². The van der Waals surface area contributed by atoms with Gasteiger partial charge in [0, 0.05) is 11.0 Å².